The lowest BCUT2D eigenvalue weighted by Gasteiger charge is -2.23. The number of carboxylic acids is 1. The molecule has 0 aliphatic heterocycles. The lowest BCUT2D eigenvalue weighted by molar-refractivity contribution is -0.154. The maximum atomic E-state index is 12.8. The number of rotatable bonds is 10. The van der Waals surface area contributed by atoms with E-state index in [1.165, 1.54) is 43.8 Å². The molecule has 0 aromatic heterocycles. The van der Waals surface area contributed by atoms with Gasteiger partial charge >= 0.3 is 23.9 Å². The molecule has 1 amide bonds. The van der Waals surface area contributed by atoms with Gasteiger partial charge in [-0.25, -0.2) is 4.79 Å². The fourth-order valence-corrected chi connectivity index (χ4v) is 3.42. The van der Waals surface area contributed by atoms with Crippen LogP contribution < -0.4 is 14.8 Å². The number of ether oxygens (including phenoxy) is 3. The zero-order chi connectivity index (χ0) is 25.3. The molecule has 2 N–H and O–H groups in total. The summed E-state index contributed by atoms with van der Waals surface area (Å²) < 4.78 is 15.0. The summed E-state index contributed by atoms with van der Waals surface area (Å²) in [6, 6.07) is 3.05. The molecule has 1 aromatic carbocycles. The Balaban J connectivity index is 3.11. The van der Waals surface area contributed by atoms with E-state index in [-0.39, 0.29) is 28.4 Å². The average molecular weight is 484 g/mol. The van der Waals surface area contributed by atoms with Crippen LogP contribution in [0.4, 0.5) is 0 Å². The first-order valence-corrected chi connectivity index (χ1v) is 11.0. The van der Waals surface area contributed by atoms with E-state index >= 15 is 0 Å². The molecule has 11 heteroatoms. The van der Waals surface area contributed by atoms with Gasteiger partial charge in [-0.1, -0.05) is 26.8 Å². The predicted octanol–water partition coefficient (Wildman–Crippen LogP) is 2.11. The monoisotopic (exact) mass is 483 g/mol. The molecule has 0 fully saturated rings. The summed E-state index contributed by atoms with van der Waals surface area (Å²) in [5.74, 6) is -3.96. The van der Waals surface area contributed by atoms with Crippen LogP contribution in [0.2, 0.25) is 0 Å². The molecule has 0 aliphatic carbocycles. The van der Waals surface area contributed by atoms with E-state index in [9.17, 15) is 29.1 Å². The van der Waals surface area contributed by atoms with Crippen LogP contribution in [-0.2, 0) is 35.1 Å². The van der Waals surface area contributed by atoms with Crippen molar-refractivity contribution in [3.05, 3.63) is 23.8 Å². The van der Waals surface area contributed by atoms with Crippen molar-refractivity contribution in [1.82, 2.24) is 5.32 Å². The lowest BCUT2D eigenvalue weighted by atomic mass is 10.1. The van der Waals surface area contributed by atoms with Crippen molar-refractivity contribution in [2.24, 2.45) is 0 Å². The maximum Gasteiger partial charge on any atom is 0.327 e. The summed E-state index contributed by atoms with van der Waals surface area (Å²) in [5, 5.41) is 11.9. The molecule has 182 valence electrons. The smallest absolute Gasteiger partial charge is 0.327 e. The summed E-state index contributed by atoms with van der Waals surface area (Å²) in [5.41, 5.74) is 0.416. The molecule has 10 nitrogen and oxygen atoms in total. The molecule has 1 aromatic rings. The van der Waals surface area contributed by atoms with Crippen LogP contribution in [0.15, 0.2) is 18.2 Å². The van der Waals surface area contributed by atoms with Gasteiger partial charge in [0.25, 0.3) is 5.91 Å². The maximum absolute atomic E-state index is 12.8. The third-order valence-electron chi connectivity index (χ3n) is 3.83. The molecule has 0 saturated carbocycles. The number of hydrogen-bond donors (Lipinski definition) is 2. The van der Waals surface area contributed by atoms with Crippen LogP contribution in [0.3, 0.4) is 0 Å². The van der Waals surface area contributed by atoms with Gasteiger partial charge in [0.15, 0.2) is 17.6 Å². The standard InChI is InChI=1S/C22H29NO9S/c1-12(24)30-17-8-7-15(9-18(17)31-13(2)25)10-19(32-14(3)26)20(27)23-16(21(28)29)11-33-22(4,5)6/h7-9,16,19H,10-11H2,1-6H3,(H,23,27)(H,28,29). The number of esters is 3. The number of thioether (sulfide) groups is 1. The highest BCUT2D eigenvalue weighted by atomic mass is 32.2. The summed E-state index contributed by atoms with van der Waals surface area (Å²) >= 11 is 1.36. The largest absolute Gasteiger partial charge is 0.480 e. The zero-order valence-corrected chi connectivity index (χ0v) is 20.2. The van der Waals surface area contributed by atoms with Crippen LogP contribution in [0, 0.1) is 0 Å². The van der Waals surface area contributed by atoms with Crippen LogP contribution in [0.25, 0.3) is 0 Å². The van der Waals surface area contributed by atoms with Crippen molar-refractivity contribution in [3.63, 3.8) is 0 Å². The van der Waals surface area contributed by atoms with Gasteiger partial charge in [-0.05, 0) is 17.7 Å². The third kappa shape index (κ3) is 10.9. The molecular weight excluding hydrogens is 454 g/mol. The summed E-state index contributed by atoms with van der Waals surface area (Å²) in [4.78, 5) is 58.6. The molecule has 0 aliphatic rings. The second-order valence-electron chi connectivity index (χ2n) is 8.09. The highest BCUT2D eigenvalue weighted by Crippen LogP contribution is 2.30. The van der Waals surface area contributed by atoms with Crippen LogP contribution in [0.1, 0.15) is 47.1 Å². The number of benzene rings is 1. The number of hydrogen-bond acceptors (Lipinski definition) is 9. The molecule has 0 spiro atoms. The molecular formula is C22H29NO9S. The number of amides is 1. The molecule has 0 heterocycles. The Morgan fingerprint density at radius 3 is 2.03 bits per heavy atom. The van der Waals surface area contributed by atoms with Crippen LogP contribution >= 0.6 is 11.8 Å². The van der Waals surface area contributed by atoms with E-state index in [0.29, 0.717) is 5.56 Å². The van der Waals surface area contributed by atoms with Crippen molar-refractivity contribution in [1.29, 1.82) is 0 Å². The molecule has 33 heavy (non-hydrogen) atoms. The highest BCUT2D eigenvalue weighted by Gasteiger charge is 2.29. The summed E-state index contributed by atoms with van der Waals surface area (Å²) in [7, 11) is 0. The van der Waals surface area contributed by atoms with Gasteiger partial charge in [0.1, 0.15) is 6.04 Å². The van der Waals surface area contributed by atoms with Crippen molar-refractivity contribution in [2.45, 2.75) is 64.9 Å². The predicted molar refractivity (Wildman–Crippen MR) is 120 cm³/mol. The zero-order valence-electron chi connectivity index (χ0n) is 19.4. The molecule has 2 atom stereocenters. The first-order chi connectivity index (χ1) is 15.2. The Hall–Kier alpha value is -3.08. The fourth-order valence-electron chi connectivity index (χ4n) is 2.53. The number of aliphatic carboxylic acids is 1. The Labute approximate surface area is 196 Å². The number of carbonyl (C=O) groups is 5. The van der Waals surface area contributed by atoms with Gasteiger partial charge in [0.05, 0.1) is 0 Å². The normalized spacial score (nSPS) is 12.8. The first kappa shape index (κ1) is 28.0. The van der Waals surface area contributed by atoms with Gasteiger partial charge in [0, 0.05) is 37.7 Å². The number of carboxylic acid groups (broad SMARTS) is 1. The molecule has 2 unspecified atom stereocenters. The number of nitrogens with one attached hydrogen (secondary N) is 1. The van der Waals surface area contributed by atoms with E-state index in [0.717, 1.165) is 6.92 Å². The minimum atomic E-state index is -1.34. The summed E-state index contributed by atoms with van der Waals surface area (Å²) in [6.45, 7) is 9.23. The highest BCUT2D eigenvalue weighted by molar-refractivity contribution is 8.00. The van der Waals surface area contributed by atoms with Gasteiger partial charge in [-0.2, -0.15) is 11.8 Å². The van der Waals surface area contributed by atoms with Crippen LogP contribution in [-0.4, -0.2) is 57.5 Å². The molecule has 0 saturated heterocycles. The van der Waals surface area contributed by atoms with E-state index in [1.54, 1.807) is 0 Å². The minimum Gasteiger partial charge on any atom is -0.480 e. The molecule has 0 bridgehead atoms. The second kappa shape index (κ2) is 12.2. The number of carbonyl (C=O) groups excluding carboxylic acids is 4. The summed E-state index contributed by atoms with van der Waals surface area (Å²) in [6.07, 6.45) is -1.48. The van der Waals surface area contributed by atoms with Gasteiger partial charge in [-0.3, -0.25) is 19.2 Å². The Morgan fingerprint density at radius 2 is 1.55 bits per heavy atom. The van der Waals surface area contributed by atoms with Crippen molar-refractivity contribution in [3.8, 4) is 11.5 Å². The Bertz CT molecular complexity index is 908. The van der Waals surface area contributed by atoms with Crippen LogP contribution in [0.5, 0.6) is 11.5 Å². The van der Waals surface area contributed by atoms with E-state index in [1.807, 2.05) is 20.8 Å². The van der Waals surface area contributed by atoms with E-state index in [4.69, 9.17) is 14.2 Å². The topological polar surface area (TPSA) is 145 Å². The van der Waals surface area contributed by atoms with Gasteiger partial charge < -0.3 is 24.6 Å². The van der Waals surface area contributed by atoms with Crippen molar-refractivity contribution in [2.75, 3.05) is 5.75 Å². The van der Waals surface area contributed by atoms with Gasteiger partial charge in [0.2, 0.25) is 0 Å². The van der Waals surface area contributed by atoms with Crippen molar-refractivity contribution < 1.29 is 43.3 Å². The Kier molecular flexibility index (Phi) is 10.4. The lowest BCUT2D eigenvalue weighted by Crippen LogP contribution is -2.48. The SMILES string of the molecule is CC(=O)Oc1ccc(CC(OC(C)=O)C(=O)NC(CSC(C)(C)C)C(=O)O)cc1OC(C)=O. The third-order valence-corrected chi connectivity index (χ3v) is 5.20. The quantitative estimate of drug-likeness (QED) is 0.375. The molecule has 0 radical (unpaired) electrons. The second-order valence-corrected chi connectivity index (χ2v) is 9.94. The fraction of sp³-hybridized carbons (Fsp3) is 0.500. The average Bonchev–Trinajstić information content (AvgIpc) is 2.64. The minimum absolute atomic E-state index is 0.0000779. The Morgan fingerprint density at radius 1 is 0.970 bits per heavy atom. The first-order valence-electron chi connectivity index (χ1n) is 10.0. The van der Waals surface area contributed by atoms with Crippen molar-refractivity contribution >= 4 is 41.5 Å². The van der Waals surface area contributed by atoms with E-state index < -0.39 is 41.9 Å². The van der Waals surface area contributed by atoms with E-state index in [2.05, 4.69) is 5.32 Å². The van der Waals surface area contributed by atoms with Gasteiger partial charge in [-0.15, -0.1) is 0 Å². The molecule has 1 rings (SSSR count).